The topological polar surface area (TPSA) is 372 Å². The van der Waals surface area contributed by atoms with Gasteiger partial charge in [0.05, 0.1) is 31.9 Å². The number of nitro groups is 2. The zero-order valence-electron chi connectivity index (χ0n) is 25.2. The first-order valence-electron chi connectivity index (χ1n) is 13.9. The molecule has 50 heavy (non-hydrogen) atoms. The Morgan fingerprint density at radius 2 is 1.00 bits per heavy atom. The first-order valence-corrected chi connectivity index (χ1v) is 13.9. The maximum Gasteiger partial charge on any atom is 0.276 e. The van der Waals surface area contributed by atoms with Gasteiger partial charge in [-0.3, -0.25) is 29.8 Å². The van der Waals surface area contributed by atoms with Crippen molar-refractivity contribution in [2.75, 3.05) is 0 Å². The van der Waals surface area contributed by atoms with E-state index in [1.807, 2.05) is 0 Å². The van der Waals surface area contributed by atoms with Crippen LogP contribution in [0.3, 0.4) is 0 Å². The highest BCUT2D eigenvalue weighted by Gasteiger charge is 2.26. The third kappa shape index (κ3) is 7.09. The summed E-state index contributed by atoms with van der Waals surface area (Å²) in [6.07, 6.45) is -3.39. The van der Waals surface area contributed by atoms with E-state index in [2.05, 4.69) is 40.3 Å². The number of H-pyrrole nitrogens is 2. The molecule has 0 unspecified atom stereocenters. The maximum atomic E-state index is 13.0. The third-order valence-corrected chi connectivity index (χ3v) is 6.89. The van der Waals surface area contributed by atoms with E-state index < -0.39 is 67.9 Å². The normalized spacial score (nSPS) is 13.1. The number of benzene rings is 3. The number of hydrogen-bond acceptors (Lipinski definition) is 14. The Morgan fingerprint density at radius 3 is 1.32 bits per heavy atom. The fraction of sp³-hybridized carbons (Fsp3) is 0.0714. The Morgan fingerprint density at radius 1 is 0.640 bits per heavy atom. The van der Waals surface area contributed by atoms with E-state index in [0.29, 0.717) is 0 Å². The zero-order valence-corrected chi connectivity index (χ0v) is 25.2. The van der Waals surface area contributed by atoms with Crippen molar-refractivity contribution in [1.82, 2.24) is 19.9 Å². The summed E-state index contributed by atoms with van der Waals surface area (Å²) in [5, 5.41) is 59.7. The van der Waals surface area contributed by atoms with Crippen LogP contribution in [0.1, 0.15) is 34.7 Å². The molecule has 0 radical (unpaired) electrons. The van der Waals surface area contributed by atoms with E-state index in [1.54, 1.807) is 0 Å². The van der Waals surface area contributed by atoms with Crippen LogP contribution in [0, 0.1) is 20.2 Å². The van der Waals surface area contributed by atoms with Crippen LogP contribution in [-0.2, 0) is 0 Å². The lowest BCUT2D eigenvalue weighted by Crippen LogP contribution is -2.27. The van der Waals surface area contributed by atoms with Crippen molar-refractivity contribution >= 4 is 56.8 Å². The molecule has 0 bridgehead atoms. The summed E-state index contributed by atoms with van der Waals surface area (Å²) in [6, 6.07) is 12.5. The highest BCUT2D eigenvalue weighted by molar-refractivity contribution is 6.04. The molecular formula is C28H24N14O8. The largest absolute Gasteiger partial charge is 0.382 e. The number of nitrogens with one attached hydrogen (secondary N) is 2. The summed E-state index contributed by atoms with van der Waals surface area (Å²) in [4.78, 5) is 60.4. The number of rotatable bonds is 10. The fourth-order valence-corrected chi connectivity index (χ4v) is 4.59. The predicted molar refractivity (Wildman–Crippen MR) is 179 cm³/mol. The molecule has 2 aromatic heterocycles. The Bertz CT molecular complexity index is 2240. The monoisotopic (exact) mass is 684 g/mol. The number of non-ortho nitro benzene ring substituents is 2. The van der Waals surface area contributed by atoms with Gasteiger partial charge in [0, 0.05) is 24.3 Å². The summed E-state index contributed by atoms with van der Waals surface area (Å²) in [7, 11) is 0. The van der Waals surface area contributed by atoms with Crippen molar-refractivity contribution in [3.63, 3.8) is 0 Å². The van der Waals surface area contributed by atoms with Crippen LogP contribution < -0.4 is 34.1 Å². The second-order valence-electron chi connectivity index (χ2n) is 10.2. The molecular weight excluding hydrogens is 660 g/mol. The number of nitrogens with two attached hydrogens (primary N) is 4. The highest BCUT2D eigenvalue weighted by Crippen LogP contribution is 2.25. The molecule has 22 nitrogen and oxygen atoms in total. The molecule has 0 spiro atoms. The van der Waals surface area contributed by atoms with Crippen LogP contribution in [0.15, 0.2) is 90.7 Å². The SMILES string of the molecule is NC(N)=N/N=C(/c1nc2ccc([N+](=O)[O-])cc2[nH]c1=O)[C@@H](O)c1ccc([C@@H](O)/C(=N/N=C(N)N)c2nc3ccc([N+](=O)[O-])cc3[nH]c2=O)cc1. The van der Waals surface area contributed by atoms with Gasteiger partial charge in [0.25, 0.3) is 22.5 Å². The average molecular weight is 685 g/mol. The van der Waals surface area contributed by atoms with Crippen molar-refractivity contribution in [3.05, 3.63) is 124 Å². The molecule has 0 saturated carbocycles. The van der Waals surface area contributed by atoms with Crippen molar-refractivity contribution in [2.24, 2.45) is 43.3 Å². The van der Waals surface area contributed by atoms with Crippen LogP contribution in [0.4, 0.5) is 11.4 Å². The van der Waals surface area contributed by atoms with Gasteiger partial charge in [0.2, 0.25) is 11.9 Å². The molecule has 0 amide bonds. The van der Waals surface area contributed by atoms with Gasteiger partial charge >= 0.3 is 0 Å². The van der Waals surface area contributed by atoms with Crippen LogP contribution in [0.2, 0.25) is 0 Å². The molecule has 22 heteroatoms. The smallest absolute Gasteiger partial charge is 0.276 e. The quantitative estimate of drug-likeness (QED) is 0.0394. The first-order chi connectivity index (χ1) is 23.7. The molecule has 2 heterocycles. The van der Waals surface area contributed by atoms with Gasteiger partial charge in [-0.2, -0.15) is 0 Å². The van der Waals surface area contributed by atoms with Gasteiger partial charge < -0.3 is 43.1 Å². The molecule has 0 aliphatic heterocycles. The molecule has 0 aliphatic rings. The summed E-state index contributed by atoms with van der Waals surface area (Å²) >= 11 is 0. The minimum atomic E-state index is -1.70. The van der Waals surface area contributed by atoms with Gasteiger partial charge in [0.15, 0.2) is 11.4 Å². The molecule has 5 aromatic rings. The Kier molecular flexibility index (Phi) is 9.30. The molecule has 0 saturated heterocycles. The van der Waals surface area contributed by atoms with Gasteiger partial charge in [-0.25, -0.2) is 9.97 Å². The Hall–Kier alpha value is -7.46. The highest BCUT2D eigenvalue weighted by atomic mass is 16.6. The van der Waals surface area contributed by atoms with Crippen LogP contribution in [0.25, 0.3) is 22.1 Å². The third-order valence-electron chi connectivity index (χ3n) is 6.89. The van der Waals surface area contributed by atoms with Crippen LogP contribution >= 0.6 is 0 Å². The van der Waals surface area contributed by atoms with E-state index in [4.69, 9.17) is 22.9 Å². The predicted octanol–water partition coefficient (Wildman–Crippen LogP) is -0.602. The lowest BCUT2D eigenvalue weighted by molar-refractivity contribution is -0.384. The second kappa shape index (κ2) is 13.7. The van der Waals surface area contributed by atoms with Crippen molar-refractivity contribution < 1.29 is 20.1 Å². The molecule has 3 aromatic carbocycles. The Labute approximate surface area is 276 Å². The molecule has 0 fully saturated rings. The minimum Gasteiger partial charge on any atom is -0.382 e. The molecule has 254 valence electrons. The minimum absolute atomic E-state index is 0.0428. The van der Waals surface area contributed by atoms with Crippen molar-refractivity contribution in [1.29, 1.82) is 0 Å². The van der Waals surface area contributed by atoms with Crippen LogP contribution in [-0.4, -0.2) is 63.3 Å². The number of nitrogens with zero attached hydrogens (tertiary/aromatic N) is 8. The number of fused-ring (bicyclic) bond motifs is 2. The number of aromatic amines is 2. The number of hydrogen-bond donors (Lipinski definition) is 8. The van der Waals surface area contributed by atoms with Crippen molar-refractivity contribution in [2.45, 2.75) is 12.2 Å². The summed E-state index contributed by atoms with van der Waals surface area (Å²) < 4.78 is 0. The standard InChI is InChI=1S/C28H24N14O8/c29-27(30)39-37-19(21-25(45)35-17-9-13(41(47)48)5-7-15(17)33-21)23(43)11-1-2-12(4-3-11)24(44)20(38-40-28(31)32)22-26(46)36-18-10-14(42(49)50)6-8-16(18)34-22/h1-10,23-24,43-44H,(H,35,45)(H,36,46)(H4,29,30,39)(H4,31,32,40)/b37-19-,38-20+/t23-,24+/m0/s1. The van der Waals surface area contributed by atoms with E-state index >= 15 is 0 Å². The Balaban J connectivity index is 1.53. The number of guanidine groups is 2. The molecule has 2 atom stereocenters. The zero-order chi connectivity index (χ0) is 36.3. The number of aromatic nitrogens is 4. The summed E-state index contributed by atoms with van der Waals surface area (Å²) in [5.41, 5.74) is 18.2. The summed E-state index contributed by atoms with van der Waals surface area (Å²) in [6.45, 7) is 0. The lowest BCUT2D eigenvalue weighted by atomic mass is 9.97. The average Bonchev–Trinajstić information content (AvgIpc) is 3.07. The van der Waals surface area contributed by atoms with Gasteiger partial charge in [0.1, 0.15) is 23.6 Å². The van der Waals surface area contributed by atoms with Gasteiger partial charge in [-0.05, 0) is 23.3 Å². The van der Waals surface area contributed by atoms with E-state index in [0.717, 1.165) is 12.1 Å². The second-order valence-corrected chi connectivity index (χ2v) is 10.2. The van der Waals surface area contributed by atoms with Gasteiger partial charge in [-0.1, -0.05) is 24.3 Å². The lowest BCUT2D eigenvalue weighted by Gasteiger charge is -2.16. The number of aliphatic hydroxyl groups excluding tert-OH is 2. The van der Waals surface area contributed by atoms with Gasteiger partial charge in [-0.15, -0.1) is 20.4 Å². The number of aliphatic hydroxyl groups is 2. The van der Waals surface area contributed by atoms with E-state index in [-0.39, 0.29) is 44.6 Å². The fourth-order valence-electron chi connectivity index (χ4n) is 4.59. The van der Waals surface area contributed by atoms with E-state index in [1.165, 1.54) is 48.5 Å². The van der Waals surface area contributed by atoms with Crippen LogP contribution in [0.5, 0.6) is 0 Å². The van der Waals surface area contributed by atoms with E-state index in [9.17, 15) is 40.0 Å². The molecule has 12 N–H and O–H groups in total. The number of nitro benzene ring substituents is 2. The molecule has 0 aliphatic carbocycles. The first kappa shape index (κ1) is 33.9. The summed E-state index contributed by atoms with van der Waals surface area (Å²) in [5.74, 6) is -1.02. The van der Waals surface area contributed by atoms with Crippen molar-refractivity contribution in [3.8, 4) is 0 Å². The maximum absolute atomic E-state index is 13.0. The molecule has 5 rings (SSSR count).